The van der Waals surface area contributed by atoms with Crippen LogP contribution in [-0.4, -0.2) is 28.5 Å². The topological polar surface area (TPSA) is 66.9 Å². The molecule has 1 aromatic rings. The van der Waals surface area contributed by atoms with Crippen molar-refractivity contribution in [2.24, 2.45) is 22.7 Å². The molecule has 140 valence electrons. The van der Waals surface area contributed by atoms with Crippen LogP contribution >= 0.6 is 0 Å². The Hall–Kier alpha value is -1.72. The molecule has 0 saturated heterocycles. The monoisotopic (exact) mass is 358 g/mol. The van der Waals surface area contributed by atoms with Gasteiger partial charge in [0.25, 0.3) is 0 Å². The lowest BCUT2D eigenvalue weighted by molar-refractivity contribution is -0.127. The van der Waals surface area contributed by atoms with Gasteiger partial charge in [0.15, 0.2) is 11.6 Å². The summed E-state index contributed by atoms with van der Waals surface area (Å²) in [6.07, 6.45) is 10.3. The zero-order valence-electron chi connectivity index (χ0n) is 15.4. The van der Waals surface area contributed by atoms with Crippen LogP contribution in [0, 0.1) is 28.5 Å². The van der Waals surface area contributed by atoms with Crippen LogP contribution in [-0.2, 0) is 11.2 Å². The van der Waals surface area contributed by atoms with Gasteiger partial charge in [0, 0.05) is 18.5 Å². The van der Waals surface area contributed by atoms with Gasteiger partial charge in [-0.1, -0.05) is 6.92 Å². The largest absolute Gasteiger partial charge is 0.367 e. The Bertz CT molecular complexity index is 733. The van der Waals surface area contributed by atoms with Crippen molar-refractivity contribution < 1.29 is 9.18 Å². The molecule has 4 saturated carbocycles. The fourth-order valence-electron chi connectivity index (χ4n) is 5.48. The van der Waals surface area contributed by atoms with Crippen LogP contribution in [0.2, 0.25) is 0 Å². The molecule has 2 N–H and O–H groups in total. The maximum atomic E-state index is 14.1. The maximum absolute atomic E-state index is 14.1. The molecule has 0 aliphatic heterocycles. The summed E-state index contributed by atoms with van der Waals surface area (Å²) in [5, 5.41) is 6.43. The minimum Gasteiger partial charge on any atom is -0.367 e. The Kier molecular flexibility index (Phi) is 3.57. The van der Waals surface area contributed by atoms with E-state index >= 15 is 0 Å². The molecule has 1 atom stereocenters. The molecular weight excluding hydrogens is 331 g/mol. The number of amides is 1. The standard InChI is InChI=1S/C20H27FN4O/c1-2-15-16(21)17(24-11-23-15)22-10-12-5-19(6-12)7-13(8-19)25-18(26)14-9-20(14)3-4-20/h11-14H,2-10H2,1H3,(H,25,26)(H,22,23,24). The average molecular weight is 358 g/mol. The van der Waals surface area contributed by atoms with E-state index in [-0.39, 0.29) is 5.82 Å². The first-order chi connectivity index (χ1) is 12.5. The number of rotatable bonds is 6. The van der Waals surface area contributed by atoms with E-state index in [1.165, 1.54) is 32.0 Å². The van der Waals surface area contributed by atoms with E-state index in [2.05, 4.69) is 20.6 Å². The van der Waals surface area contributed by atoms with Crippen molar-refractivity contribution in [3.05, 3.63) is 17.8 Å². The van der Waals surface area contributed by atoms with Crippen molar-refractivity contribution in [1.82, 2.24) is 15.3 Å². The fraction of sp³-hybridized carbons (Fsp3) is 0.750. The molecule has 1 unspecified atom stereocenters. The van der Waals surface area contributed by atoms with Crippen LogP contribution in [0.3, 0.4) is 0 Å². The van der Waals surface area contributed by atoms with E-state index in [0.29, 0.717) is 52.5 Å². The quantitative estimate of drug-likeness (QED) is 0.820. The van der Waals surface area contributed by atoms with Gasteiger partial charge in [0.05, 0.1) is 5.69 Å². The summed E-state index contributed by atoms with van der Waals surface area (Å²) >= 11 is 0. The van der Waals surface area contributed by atoms with Crippen molar-refractivity contribution in [3.8, 4) is 0 Å². The van der Waals surface area contributed by atoms with Crippen LogP contribution in [0.4, 0.5) is 10.2 Å². The molecule has 0 aromatic carbocycles. The van der Waals surface area contributed by atoms with Gasteiger partial charge < -0.3 is 10.6 Å². The first-order valence-electron chi connectivity index (χ1n) is 10.1. The zero-order chi connectivity index (χ0) is 17.9. The van der Waals surface area contributed by atoms with E-state index in [9.17, 15) is 9.18 Å². The van der Waals surface area contributed by atoms with Gasteiger partial charge in [0.2, 0.25) is 5.91 Å². The number of hydrogen-bond acceptors (Lipinski definition) is 4. The number of carbonyl (C=O) groups is 1. The molecule has 5 rings (SSSR count). The van der Waals surface area contributed by atoms with Gasteiger partial charge >= 0.3 is 0 Å². The summed E-state index contributed by atoms with van der Waals surface area (Å²) in [4.78, 5) is 20.2. The Labute approximate surface area is 153 Å². The highest BCUT2D eigenvalue weighted by atomic mass is 19.1. The predicted octanol–water partition coefficient (Wildman–Crippen LogP) is 3.07. The molecule has 0 radical (unpaired) electrons. The van der Waals surface area contributed by atoms with Crippen LogP contribution in [0.15, 0.2) is 6.33 Å². The smallest absolute Gasteiger partial charge is 0.223 e. The number of carbonyl (C=O) groups excluding carboxylic acids is 1. The van der Waals surface area contributed by atoms with Crippen LogP contribution in [0.5, 0.6) is 0 Å². The minimum absolute atomic E-state index is 0.311. The number of aryl methyl sites for hydroxylation is 1. The summed E-state index contributed by atoms with van der Waals surface area (Å²) in [6.45, 7) is 2.66. The summed E-state index contributed by atoms with van der Waals surface area (Å²) in [6, 6.07) is 0.388. The molecule has 5 nitrogen and oxygen atoms in total. The van der Waals surface area contributed by atoms with Crippen LogP contribution in [0.25, 0.3) is 0 Å². The van der Waals surface area contributed by atoms with Crippen molar-refractivity contribution in [1.29, 1.82) is 0 Å². The molecule has 26 heavy (non-hydrogen) atoms. The summed E-state index contributed by atoms with van der Waals surface area (Å²) in [5.74, 6) is 1.22. The number of nitrogens with zero attached hydrogens (tertiary/aromatic N) is 2. The van der Waals surface area contributed by atoms with E-state index in [1.54, 1.807) is 0 Å². The highest BCUT2D eigenvalue weighted by Gasteiger charge is 2.66. The molecular formula is C20H27FN4O. The first kappa shape index (κ1) is 16.5. The zero-order valence-corrected chi connectivity index (χ0v) is 15.4. The lowest BCUT2D eigenvalue weighted by atomic mass is 9.50. The summed E-state index contributed by atoms with van der Waals surface area (Å²) in [7, 11) is 0. The Morgan fingerprint density at radius 3 is 2.65 bits per heavy atom. The van der Waals surface area contributed by atoms with Gasteiger partial charge in [-0.25, -0.2) is 14.4 Å². The lowest BCUT2D eigenvalue weighted by Gasteiger charge is -2.58. The molecule has 4 aliphatic carbocycles. The van der Waals surface area contributed by atoms with Gasteiger partial charge in [-0.05, 0) is 68.1 Å². The number of nitrogens with one attached hydrogen (secondary N) is 2. The Morgan fingerprint density at radius 2 is 2.00 bits per heavy atom. The Morgan fingerprint density at radius 1 is 1.23 bits per heavy atom. The van der Waals surface area contributed by atoms with Crippen LogP contribution < -0.4 is 10.6 Å². The maximum Gasteiger partial charge on any atom is 0.223 e. The van der Waals surface area contributed by atoms with E-state index in [0.717, 1.165) is 25.8 Å². The molecule has 1 aromatic heterocycles. The van der Waals surface area contributed by atoms with E-state index in [4.69, 9.17) is 0 Å². The SMILES string of the molecule is CCc1ncnc(NCC2CC3(C2)CC(NC(=O)C2CC24CC4)C3)c1F. The molecule has 1 amide bonds. The van der Waals surface area contributed by atoms with Gasteiger partial charge in [-0.15, -0.1) is 0 Å². The van der Waals surface area contributed by atoms with Crippen molar-refractivity contribution in [3.63, 3.8) is 0 Å². The van der Waals surface area contributed by atoms with E-state index in [1.807, 2.05) is 6.92 Å². The average Bonchev–Trinajstić information content (AvgIpc) is 3.48. The molecule has 1 heterocycles. The molecule has 0 bridgehead atoms. The van der Waals surface area contributed by atoms with E-state index < -0.39 is 0 Å². The summed E-state index contributed by atoms with van der Waals surface area (Å²) < 4.78 is 14.1. The number of hydrogen-bond donors (Lipinski definition) is 2. The summed E-state index contributed by atoms with van der Waals surface area (Å²) in [5.41, 5.74) is 1.35. The predicted molar refractivity (Wildman–Crippen MR) is 96.0 cm³/mol. The number of aromatic nitrogens is 2. The normalized spacial score (nSPS) is 35.5. The number of halogens is 1. The second kappa shape index (κ2) is 5.64. The van der Waals surface area contributed by atoms with Crippen molar-refractivity contribution in [2.45, 2.75) is 64.3 Å². The molecule has 2 spiro atoms. The van der Waals surface area contributed by atoms with Crippen molar-refractivity contribution in [2.75, 3.05) is 11.9 Å². The third-order valence-electron chi connectivity index (χ3n) is 7.30. The second-order valence-electron chi connectivity index (χ2n) is 9.22. The van der Waals surface area contributed by atoms with Crippen molar-refractivity contribution >= 4 is 11.7 Å². The highest BCUT2D eigenvalue weighted by Crippen LogP contribution is 2.70. The third kappa shape index (κ3) is 2.69. The van der Waals surface area contributed by atoms with Gasteiger partial charge in [0.1, 0.15) is 6.33 Å². The van der Waals surface area contributed by atoms with Gasteiger partial charge in [-0.2, -0.15) is 0 Å². The third-order valence-corrected chi connectivity index (χ3v) is 7.30. The first-order valence-corrected chi connectivity index (χ1v) is 10.1. The highest BCUT2D eigenvalue weighted by molar-refractivity contribution is 5.83. The molecule has 6 heteroatoms. The molecule has 4 aliphatic rings. The Balaban J connectivity index is 1.04. The second-order valence-corrected chi connectivity index (χ2v) is 9.22. The molecule has 4 fully saturated rings. The number of anilines is 1. The fourth-order valence-corrected chi connectivity index (χ4v) is 5.48. The minimum atomic E-state index is -0.316. The lowest BCUT2D eigenvalue weighted by Crippen LogP contribution is -2.57. The van der Waals surface area contributed by atoms with Crippen LogP contribution in [0.1, 0.15) is 57.6 Å². The van der Waals surface area contributed by atoms with Gasteiger partial charge in [-0.3, -0.25) is 4.79 Å².